The minimum Gasteiger partial charge on any atom is -0.361 e. The summed E-state index contributed by atoms with van der Waals surface area (Å²) in [6.07, 6.45) is 11.2. The van der Waals surface area contributed by atoms with Gasteiger partial charge in [0.2, 0.25) is 5.91 Å². The smallest absolute Gasteiger partial charge is 0.224 e. The summed E-state index contributed by atoms with van der Waals surface area (Å²) in [4.78, 5) is 19.9. The lowest BCUT2D eigenvalue weighted by Crippen LogP contribution is -2.38. The fraction of sp³-hybridized carbons (Fsp3) is 0.368. The van der Waals surface area contributed by atoms with Crippen LogP contribution in [0.3, 0.4) is 0 Å². The second-order valence-corrected chi connectivity index (χ2v) is 6.72. The number of nitrogens with zero attached hydrogens (tertiary/aromatic N) is 2. The van der Waals surface area contributed by atoms with Gasteiger partial charge in [0.1, 0.15) is 0 Å². The molecule has 1 fully saturated rings. The van der Waals surface area contributed by atoms with Gasteiger partial charge in [-0.25, -0.2) is 4.98 Å². The molecule has 4 rings (SSSR count). The van der Waals surface area contributed by atoms with E-state index in [4.69, 9.17) is 0 Å². The average molecular weight is 322 g/mol. The highest BCUT2D eigenvalue weighted by Gasteiger charge is 2.29. The van der Waals surface area contributed by atoms with E-state index in [0.717, 1.165) is 35.7 Å². The molecular formula is C19H22N4O. The second-order valence-electron chi connectivity index (χ2n) is 6.72. The van der Waals surface area contributed by atoms with Crippen molar-refractivity contribution in [2.24, 2.45) is 0 Å². The highest BCUT2D eigenvalue weighted by molar-refractivity contribution is 5.89. The number of hydrogen-bond donors (Lipinski definition) is 2. The molecular weight excluding hydrogens is 300 g/mol. The summed E-state index contributed by atoms with van der Waals surface area (Å²) >= 11 is 0. The maximum Gasteiger partial charge on any atom is 0.224 e. The van der Waals surface area contributed by atoms with Gasteiger partial charge in [0.15, 0.2) is 0 Å². The standard InChI is InChI=1S/C19H22N4O/c1-13-5-6-15-14(11-21-17(15)9-13)10-19(24)22-16-3-2-4-18(16)23-8-7-20-12-23/h5-9,11-12,16,18,21H,2-4,10H2,1H3,(H,22,24)/t16-,18+/m0/s1. The van der Waals surface area contributed by atoms with Gasteiger partial charge in [-0.3, -0.25) is 4.79 Å². The van der Waals surface area contributed by atoms with Gasteiger partial charge in [0.05, 0.1) is 18.8 Å². The minimum absolute atomic E-state index is 0.0912. The van der Waals surface area contributed by atoms with E-state index in [1.54, 1.807) is 6.20 Å². The van der Waals surface area contributed by atoms with Crippen LogP contribution in [0.4, 0.5) is 0 Å². The lowest BCUT2D eigenvalue weighted by Gasteiger charge is -2.22. The number of carbonyl (C=O) groups is 1. The zero-order valence-corrected chi connectivity index (χ0v) is 13.8. The number of nitrogens with one attached hydrogen (secondary N) is 2. The zero-order chi connectivity index (χ0) is 16.5. The normalized spacial score (nSPS) is 20.5. The topological polar surface area (TPSA) is 62.7 Å². The first kappa shape index (κ1) is 15.0. The van der Waals surface area contributed by atoms with Crippen molar-refractivity contribution in [3.63, 3.8) is 0 Å². The Bertz CT molecular complexity index is 850. The molecule has 2 atom stereocenters. The molecule has 2 heterocycles. The third-order valence-corrected chi connectivity index (χ3v) is 5.01. The van der Waals surface area contributed by atoms with Crippen molar-refractivity contribution in [3.8, 4) is 0 Å². The molecule has 0 unspecified atom stereocenters. The van der Waals surface area contributed by atoms with Gasteiger partial charge in [0.25, 0.3) is 0 Å². The van der Waals surface area contributed by atoms with Crippen LogP contribution in [0.2, 0.25) is 0 Å². The fourth-order valence-electron chi connectivity index (χ4n) is 3.81. The number of fused-ring (bicyclic) bond motifs is 1. The highest BCUT2D eigenvalue weighted by Crippen LogP contribution is 2.30. The average Bonchev–Trinajstić information content (AvgIpc) is 3.28. The van der Waals surface area contributed by atoms with Crippen LogP contribution in [0.5, 0.6) is 0 Å². The summed E-state index contributed by atoms with van der Waals surface area (Å²) in [6, 6.07) is 6.81. The van der Waals surface area contributed by atoms with E-state index < -0.39 is 0 Å². The van der Waals surface area contributed by atoms with E-state index >= 15 is 0 Å². The molecule has 0 aliphatic heterocycles. The first-order valence-electron chi connectivity index (χ1n) is 8.54. The minimum atomic E-state index is 0.0912. The largest absolute Gasteiger partial charge is 0.361 e. The molecule has 1 amide bonds. The molecule has 2 aromatic heterocycles. The Morgan fingerprint density at radius 2 is 2.33 bits per heavy atom. The maximum atomic E-state index is 12.5. The van der Waals surface area contributed by atoms with Gasteiger partial charge in [-0.2, -0.15) is 0 Å². The Hall–Kier alpha value is -2.56. The van der Waals surface area contributed by atoms with Crippen LogP contribution in [0.1, 0.15) is 36.4 Å². The molecule has 0 bridgehead atoms. The molecule has 1 aromatic carbocycles. The van der Waals surface area contributed by atoms with Gasteiger partial charge < -0.3 is 14.9 Å². The van der Waals surface area contributed by atoms with Crippen molar-refractivity contribution < 1.29 is 4.79 Å². The number of hydrogen-bond acceptors (Lipinski definition) is 2. The second kappa shape index (κ2) is 6.15. The Morgan fingerprint density at radius 1 is 1.42 bits per heavy atom. The van der Waals surface area contributed by atoms with Gasteiger partial charge >= 0.3 is 0 Å². The molecule has 5 heteroatoms. The molecule has 3 aromatic rings. The molecule has 1 aliphatic carbocycles. The van der Waals surface area contributed by atoms with Gasteiger partial charge in [0, 0.05) is 35.5 Å². The van der Waals surface area contributed by atoms with Crippen LogP contribution in [0.25, 0.3) is 10.9 Å². The summed E-state index contributed by atoms with van der Waals surface area (Å²) in [5.74, 6) is 0.0912. The van der Waals surface area contributed by atoms with Crippen molar-refractivity contribution in [2.75, 3.05) is 0 Å². The molecule has 1 aliphatic rings. The predicted molar refractivity (Wildman–Crippen MR) is 93.8 cm³/mol. The van der Waals surface area contributed by atoms with E-state index in [1.807, 2.05) is 18.7 Å². The van der Waals surface area contributed by atoms with Gasteiger partial charge in [-0.05, 0) is 43.4 Å². The number of amides is 1. The third kappa shape index (κ3) is 2.82. The summed E-state index contributed by atoms with van der Waals surface area (Å²) in [7, 11) is 0. The fourth-order valence-corrected chi connectivity index (χ4v) is 3.81. The lowest BCUT2D eigenvalue weighted by molar-refractivity contribution is -0.121. The van der Waals surface area contributed by atoms with E-state index in [-0.39, 0.29) is 11.9 Å². The molecule has 0 radical (unpaired) electrons. The van der Waals surface area contributed by atoms with Crippen LogP contribution in [-0.4, -0.2) is 26.5 Å². The third-order valence-electron chi connectivity index (χ3n) is 5.01. The van der Waals surface area contributed by atoms with Crippen LogP contribution in [-0.2, 0) is 11.2 Å². The van der Waals surface area contributed by atoms with Crippen molar-refractivity contribution in [3.05, 3.63) is 54.2 Å². The summed E-state index contributed by atoms with van der Waals surface area (Å²) < 4.78 is 2.12. The van der Waals surface area contributed by atoms with Crippen LogP contribution < -0.4 is 5.32 Å². The van der Waals surface area contributed by atoms with Crippen LogP contribution in [0.15, 0.2) is 43.1 Å². The Morgan fingerprint density at radius 3 is 3.17 bits per heavy atom. The SMILES string of the molecule is Cc1ccc2c(CC(=O)N[C@H]3CCC[C@H]3n3ccnc3)c[nH]c2c1. The van der Waals surface area contributed by atoms with Crippen molar-refractivity contribution in [1.82, 2.24) is 19.9 Å². The first-order valence-corrected chi connectivity index (χ1v) is 8.54. The zero-order valence-electron chi connectivity index (χ0n) is 13.8. The van der Waals surface area contributed by atoms with Crippen molar-refractivity contribution in [2.45, 2.75) is 44.7 Å². The molecule has 5 nitrogen and oxygen atoms in total. The Kier molecular flexibility index (Phi) is 3.84. The Balaban J connectivity index is 1.46. The number of aromatic amines is 1. The van der Waals surface area contributed by atoms with E-state index in [1.165, 1.54) is 5.56 Å². The lowest BCUT2D eigenvalue weighted by atomic mass is 10.1. The molecule has 2 N–H and O–H groups in total. The number of H-pyrrole nitrogens is 1. The summed E-state index contributed by atoms with van der Waals surface area (Å²) in [5, 5.41) is 4.36. The van der Waals surface area contributed by atoms with E-state index in [2.05, 4.69) is 45.0 Å². The molecule has 1 saturated carbocycles. The number of carbonyl (C=O) groups excluding carboxylic acids is 1. The van der Waals surface area contributed by atoms with Crippen molar-refractivity contribution in [1.29, 1.82) is 0 Å². The number of benzene rings is 1. The molecule has 24 heavy (non-hydrogen) atoms. The molecule has 124 valence electrons. The number of aryl methyl sites for hydroxylation is 1. The van der Waals surface area contributed by atoms with Crippen LogP contribution in [0, 0.1) is 6.92 Å². The maximum absolute atomic E-state index is 12.5. The number of imidazole rings is 1. The van der Waals surface area contributed by atoms with Gasteiger partial charge in [-0.15, -0.1) is 0 Å². The summed E-state index contributed by atoms with van der Waals surface area (Å²) in [6.45, 7) is 2.07. The quantitative estimate of drug-likeness (QED) is 0.775. The summed E-state index contributed by atoms with van der Waals surface area (Å²) in [5.41, 5.74) is 3.36. The molecule has 0 spiro atoms. The first-order chi connectivity index (χ1) is 11.7. The highest BCUT2D eigenvalue weighted by atomic mass is 16.1. The van der Waals surface area contributed by atoms with Crippen LogP contribution >= 0.6 is 0 Å². The van der Waals surface area contributed by atoms with E-state index in [9.17, 15) is 4.79 Å². The monoisotopic (exact) mass is 322 g/mol. The predicted octanol–water partition coefficient (Wildman–Crippen LogP) is 3.13. The van der Waals surface area contributed by atoms with E-state index in [0.29, 0.717) is 12.5 Å². The van der Waals surface area contributed by atoms with Crippen molar-refractivity contribution >= 4 is 16.8 Å². The number of aromatic nitrogens is 3. The van der Waals surface area contributed by atoms with Gasteiger partial charge in [-0.1, -0.05) is 12.1 Å². The number of rotatable bonds is 4. The molecule has 0 saturated heterocycles. The Labute approximate surface area is 141 Å².